The summed E-state index contributed by atoms with van der Waals surface area (Å²) in [5.41, 5.74) is 2.35. The van der Waals surface area contributed by atoms with Gasteiger partial charge in [-0.05, 0) is 26.3 Å². The SMILES string of the molecule is Cc1cnc(CNC(=O)[C@H]2OCC(=O)N(C(C)C)[C@@H]2c2ccccc2)cn1. The van der Waals surface area contributed by atoms with Gasteiger partial charge < -0.3 is 15.0 Å². The Morgan fingerprint density at radius 2 is 2.00 bits per heavy atom. The third-order valence-corrected chi connectivity index (χ3v) is 4.49. The fourth-order valence-corrected chi connectivity index (χ4v) is 3.23. The van der Waals surface area contributed by atoms with Crippen molar-refractivity contribution in [3.63, 3.8) is 0 Å². The average molecular weight is 368 g/mol. The summed E-state index contributed by atoms with van der Waals surface area (Å²) in [6.45, 7) is 5.88. The van der Waals surface area contributed by atoms with Gasteiger partial charge in [0.15, 0.2) is 6.10 Å². The molecule has 0 saturated carbocycles. The topological polar surface area (TPSA) is 84.4 Å². The van der Waals surface area contributed by atoms with Crippen molar-refractivity contribution in [2.24, 2.45) is 0 Å². The molecule has 1 N–H and O–H groups in total. The molecule has 27 heavy (non-hydrogen) atoms. The van der Waals surface area contributed by atoms with Crippen LogP contribution in [0, 0.1) is 6.92 Å². The second kappa shape index (κ2) is 8.26. The first kappa shape index (κ1) is 19.0. The molecule has 0 unspecified atom stereocenters. The van der Waals surface area contributed by atoms with Gasteiger partial charge in [0, 0.05) is 12.2 Å². The summed E-state index contributed by atoms with van der Waals surface area (Å²) in [4.78, 5) is 35.5. The number of nitrogens with one attached hydrogen (secondary N) is 1. The number of amides is 2. The molecule has 0 bridgehead atoms. The maximum Gasteiger partial charge on any atom is 0.252 e. The van der Waals surface area contributed by atoms with Gasteiger partial charge in [0.1, 0.15) is 6.61 Å². The maximum atomic E-state index is 12.9. The Morgan fingerprint density at radius 1 is 1.26 bits per heavy atom. The molecule has 1 aromatic carbocycles. The number of morpholine rings is 1. The molecule has 1 aromatic heterocycles. The fourth-order valence-electron chi connectivity index (χ4n) is 3.23. The lowest BCUT2D eigenvalue weighted by molar-refractivity contribution is -0.167. The molecule has 7 nitrogen and oxygen atoms in total. The third kappa shape index (κ3) is 4.31. The predicted octanol–water partition coefficient (Wildman–Crippen LogP) is 1.78. The van der Waals surface area contributed by atoms with Crippen LogP contribution in [0.25, 0.3) is 0 Å². The Balaban J connectivity index is 1.81. The van der Waals surface area contributed by atoms with Crippen molar-refractivity contribution < 1.29 is 14.3 Å². The van der Waals surface area contributed by atoms with E-state index in [2.05, 4.69) is 15.3 Å². The van der Waals surface area contributed by atoms with E-state index in [1.807, 2.05) is 51.1 Å². The number of carbonyl (C=O) groups is 2. The number of hydrogen-bond acceptors (Lipinski definition) is 5. The highest BCUT2D eigenvalue weighted by atomic mass is 16.5. The summed E-state index contributed by atoms with van der Waals surface area (Å²) >= 11 is 0. The molecule has 3 rings (SSSR count). The molecule has 0 spiro atoms. The van der Waals surface area contributed by atoms with E-state index < -0.39 is 12.1 Å². The molecule has 0 radical (unpaired) electrons. The first-order valence-corrected chi connectivity index (χ1v) is 9.00. The highest BCUT2D eigenvalue weighted by Crippen LogP contribution is 2.32. The number of aromatic nitrogens is 2. The minimum absolute atomic E-state index is 0.0510. The summed E-state index contributed by atoms with van der Waals surface area (Å²) < 4.78 is 5.67. The van der Waals surface area contributed by atoms with E-state index in [0.717, 1.165) is 11.3 Å². The van der Waals surface area contributed by atoms with Crippen molar-refractivity contribution in [1.29, 1.82) is 0 Å². The number of nitrogens with zero attached hydrogens (tertiary/aromatic N) is 3. The number of ether oxygens (including phenoxy) is 1. The number of aryl methyl sites for hydroxylation is 1. The molecular formula is C20H24N4O3. The van der Waals surface area contributed by atoms with Crippen molar-refractivity contribution in [2.45, 2.75) is 45.5 Å². The Bertz CT molecular complexity index is 793. The van der Waals surface area contributed by atoms with Crippen molar-refractivity contribution in [3.8, 4) is 0 Å². The van der Waals surface area contributed by atoms with Crippen LogP contribution in [0.5, 0.6) is 0 Å². The van der Waals surface area contributed by atoms with E-state index in [1.165, 1.54) is 0 Å². The highest BCUT2D eigenvalue weighted by Gasteiger charge is 2.42. The minimum atomic E-state index is -0.786. The van der Waals surface area contributed by atoms with Crippen LogP contribution < -0.4 is 5.32 Å². The van der Waals surface area contributed by atoms with Crippen LogP contribution in [0.15, 0.2) is 42.7 Å². The average Bonchev–Trinajstić information content (AvgIpc) is 2.67. The number of hydrogen-bond donors (Lipinski definition) is 1. The smallest absolute Gasteiger partial charge is 0.252 e. The van der Waals surface area contributed by atoms with E-state index in [4.69, 9.17) is 4.74 Å². The number of carbonyl (C=O) groups excluding carboxylic acids is 2. The largest absolute Gasteiger partial charge is 0.356 e. The van der Waals surface area contributed by atoms with E-state index in [1.54, 1.807) is 17.3 Å². The molecule has 1 saturated heterocycles. The Labute approximate surface area is 158 Å². The second-order valence-electron chi connectivity index (χ2n) is 6.85. The lowest BCUT2D eigenvalue weighted by Crippen LogP contribution is -2.56. The van der Waals surface area contributed by atoms with Crippen molar-refractivity contribution in [2.75, 3.05) is 6.61 Å². The zero-order valence-corrected chi connectivity index (χ0v) is 15.8. The molecular weight excluding hydrogens is 344 g/mol. The zero-order chi connectivity index (χ0) is 19.4. The Morgan fingerprint density at radius 3 is 2.63 bits per heavy atom. The first-order chi connectivity index (χ1) is 13.0. The molecule has 2 aromatic rings. The van der Waals surface area contributed by atoms with Crippen LogP contribution in [0.3, 0.4) is 0 Å². The van der Waals surface area contributed by atoms with Gasteiger partial charge in [-0.1, -0.05) is 30.3 Å². The summed E-state index contributed by atoms with van der Waals surface area (Å²) in [6, 6.07) is 8.98. The van der Waals surface area contributed by atoms with Crippen LogP contribution in [0.2, 0.25) is 0 Å². The van der Waals surface area contributed by atoms with Gasteiger partial charge in [-0.25, -0.2) is 0 Å². The number of rotatable bonds is 5. The van der Waals surface area contributed by atoms with Gasteiger partial charge >= 0.3 is 0 Å². The van der Waals surface area contributed by atoms with E-state index in [9.17, 15) is 9.59 Å². The van der Waals surface area contributed by atoms with Gasteiger partial charge in [-0.15, -0.1) is 0 Å². The fraction of sp³-hybridized carbons (Fsp3) is 0.400. The number of benzene rings is 1. The molecule has 1 aliphatic rings. The minimum Gasteiger partial charge on any atom is -0.356 e. The van der Waals surface area contributed by atoms with Crippen molar-refractivity contribution in [1.82, 2.24) is 20.2 Å². The lowest BCUT2D eigenvalue weighted by Gasteiger charge is -2.42. The highest BCUT2D eigenvalue weighted by molar-refractivity contribution is 5.86. The van der Waals surface area contributed by atoms with Gasteiger partial charge in [-0.3, -0.25) is 19.6 Å². The monoisotopic (exact) mass is 368 g/mol. The lowest BCUT2D eigenvalue weighted by atomic mass is 9.96. The molecule has 2 heterocycles. The second-order valence-corrected chi connectivity index (χ2v) is 6.85. The van der Waals surface area contributed by atoms with Crippen molar-refractivity contribution >= 4 is 11.8 Å². The summed E-state index contributed by atoms with van der Waals surface area (Å²) in [6.07, 6.45) is 2.51. The third-order valence-electron chi connectivity index (χ3n) is 4.49. The molecule has 2 atom stereocenters. The normalized spacial score (nSPS) is 20.0. The summed E-state index contributed by atoms with van der Waals surface area (Å²) in [5.74, 6) is -0.392. The van der Waals surface area contributed by atoms with Gasteiger partial charge in [0.05, 0.1) is 30.2 Å². The van der Waals surface area contributed by atoms with Crippen LogP contribution in [-0.4, -0.2) is 45.4 Å². The van der Waals surface area contributed by atoms with E-state index >= 15 is 0 Å². The quantitative estimate of drug-likeness (QED) is 0.870. The van der Waals surface area contributed by atoms with Crippen LogP contribution >= 0.6 is 0 Å². The van der Waals surface area contributed by atoms with Gasteiger partial charge in [-0.2, -0.15) is 0 Å². The van der Waals surface area contributed by atoms with Gasteiger partial charge in [0.25, 0.3) is 5.91 Å². The molecule has 142 valence electrons. The zero-order valence-electron chi connectivity index (χ0n) is 15.8. The van der Waals surface area contributed by atoms with E-state index in [0.29, 0.717) is 5.69 Å². The summed E-state index contributed by atoms with van der Waals surface area (Å²) in [7, 11) is 0. The van der Waals surface area contributed by atoms with Gasteiger partial charge in [0.2, 0.25) is 5.91 Å². The standard InChI is InChI=1S/C20H24N4O3/c1-13(2)24-17(25)12-27-19(18(24)15-7-5-4-6-8-15)20(26)23-11-16-10-21-14(3)9-22-16/h4-10,13,18-19H,11-12H2,1-3H3,(H,23,26)/t18-,19+/m1/s1. The molecule has 1 fully saturated rings. The molecule has 1 aliphatic heterocycles. The Kier molecular flexibility index (Phi) is 5.81. The van der Waals surface area contributed by atoms with Crippen LogP contribution in [0.4, 0.5) is 0 Å². The summed E-state index contributed by atoms with van der Waals surface area (Å²) in [5, 5.41) is 2.86. The molecule has 7 heteroatoms. The molecule has 0 aliphatic carbocycles. The van der Waals surface area contributed by atoms with E-state index in [-0.39, 0.29) is 31.0 Å². The maximum absolute atomic E-state index is 12.9. The first-order valence-electron chi connectivity index (χ1n) is 9.00. The van der Waals surface area contributed by atoms with Crippen molar-refractivity contribution in [3.05, 3.63) is 59.7 Å². The van der Waals surface area contributed by atoms with Crippen LogP contribution in [-0.2, 0) is 20.9 Å². The predicted molar refractivity (Wildman–Crippen MR) is 99.5 cm³/mol. The molecule has 2 amide bonds. The Hall–Kier alpha value is -2.80. The van der Waals surface area contributed by atoms with Crippen LogP contribution in [0.1, 0.15) is 36.8 Å².